The average Bonchev–Trinajstić information content (AvgIpc) is 2.52. The number of carbonyl (C=O) groups is 1. The van der Waals surface area contributed by atoms with Crippen LogP contribution in [-0.4, -0.2) is 17.4 Å². The molecule has 6 heteroatoms. The molecule has 0 bridgehead atoms. The summed E-state index contributed by atoms with van der Waals surface area (Å²) in [6.07, 6.45) is 0. The van der Waals surface area contributed by atoms with E-state index >= 15 is 0 Å². The minimum Gasteiger partial charge on any atom is -0.350 e. The van der Waals surface area contributed by atoms with Crippen LogP contribution in [0.1, 0.15) is 53.0 Å². The number of nitrogens with two attached hydrogens (primary N) is 1. The van der Waals surface area contributed by atoms with Crippen molar-refractivity contribution in [1.29, 1.82) is 0 Å². The van der Waals surface area contributed by atoms with Crippen LogP contribution < -0.4 is 16.6 Å². The Morgan fingerprint density at radius 2 is 1.71 bits per heavy atom. The SMILES string of the molecule is Cc1ccc(C(=O)NCC(N)c2ccc(C(C)C)cc2)c(=O)[nH]1.Cl. The molecule has 0 saturated heterocycles. The van der Waals surface area contributed by atoms with Crippen LogP contribution in [0.3, 0.4) is 0 Å². The molecule has 0 fully saturated rings. The standard InChI is InChI=1S/C18H23N3O2.ClH/c1-11(2)13-5-7-14(8-6-13)16(19)10-20-17(22)15-9-4-12(3)21-18(15)23;/h4-9,11,16H,10,19H2,1-3H3,(H,20,22)(H,21,23);1H. The second-order valence-corrected chi connectivity index (χ2v) is 6.02. The zero-order valence-electron chi connectivity index (χ0n) is 14.1. The lowest BCUT2D eigenvalue weighted by atomic mass is 9.99. The highest BCUT2D eigenvalue weighted by Crippen LogP contribution is 2.17. The van der Waals surface area contributed by atoms with Gasteiger partial charge in [0.2, 0.25) is 0 Å². The molecule has 4 N–H and O–H groups in total. The Balaban J connectivity index is 0.00000288. The Labute approximate surface area is 148 Å². The first kappa shape index (κ1) is 19.9. The number of benzene rings is 1. The van der Waals surface area contributed by atoms with Gasteiger partial charge in [-0.3, -0.25) is 9.59 Å². The second-order valence-electron chi connectivity index (χ2n) is 6.02. The number of carbonyl (C=O) groups excluding carboxylic acids is 1. The van der Waals surface area contributed by atoms with Crippen molar-refractivity contribution in [3.63, 3.8) is 0 Å². The van der Waals surface area contributed by atoms with E-state index in [4.69, 9.17) is 5.73 Å². The maximum absolute atomic E-state index is 12.1. The number of pyridine rings is 1. The molecule has 1 unspecified atom stereocenters. The Bertz CT molecular complexity index is 739. The van der Waals surface area contributed by atoms with E-state index in [1.54, 1.807) is 13.0 Å². The number of nitrogens with one attached hydrogen (secondary N) is 2. The third-order valence-corrected chi connectivity index (χ3v) is 3.81. The fourth-order valence-corrected chi connectivity index (χ4v) is 2.29. The van der Waals surface area contributed by atoms with Gasteiger partial charge in [-0.05, 0) is 36.1 Å². The number of amides is 1. The van der Waals surface area contributed by atoms with Crippen LogP contribution >= 0.6 is 12.4 Å². The highest BCUT2D eigenvalue weighted by molar-refractivity contribution is 5.93. The van der Waals surface area contributed by atoms with E-state index in [2.05, 4.69) is 24.1 Å². The fraction of sp³-hybridized carbons (Fsp3) is 0.333. The van der Waals surface area contributed by atoms with Crippen molar-refractivity contribution in [3.05, 3.63) is 69.1 Å². The minimum absolute atomic E-state index is 0. The smallest absolute Gasteiger partial charge is 0.260 e. The Hall–Kier alpha value is -2.11. The second kappa shape index (κ2) is 8.66. The van der Waals surface area contributed by atoms with Gasteiger partial charge in [0.05, 0.1) is 0 Å². The van der Waals surface area contributed by atoms with E-state index in [0.29, 0.717) is 11.6 Å². The van der Waals surface area contributed by atoms with Gasteiger partial charge in [-0.25, -0.2) is 0 Å². The Morgan fingerprint density at radius 3 is 2.25 bits per heavy atom. The first-order valence-electron chi connectivity index (χ1n) is 7.72. The molecule has 1 heterocycles. The van der Waals surface area contributed by atoms with Crippen LogP contribution in [0.2, 0.25) is 0 Å². The highest BCUT2D eigenvalue weighted by Gasteiger charge is 2.13. The van der Waals surface area contributed by atoms with Crippen molar-refractivity contribution in [2.24, 2.45) is 5.73 Å². The predicted octanol–water partition coefficient (Wildman–Crippen LogP) is 2.66. The van der Waals surface area contributed by atoms with E-state index < -0.39 is 11.5 Å². The Kier molecular flexibility index (Phi) is 7.19. The molecule has 0 aliphatic heterocycles. The number of aryl methyl sites for hydroxylation is 1. The fourth-order valence-electron chi connectivity index (χ4n) is 2.29. The van der Waals surface area contributed by atoms with E-state index in [-0.39, 0.29) is 30.6 Å². The number of hydrogen-bond donors (Lipinski definition) is 3. The predicted molar refractivity (Wildman–Crippen MR) is 98.8 cm³/mol. The lowest BCUT2D eigenvalue weighted by Gasteiger charge is -2.14. The topological polar surface area (TPSA) is 88.0 Å². The summed E-state index contributed by atoms with van der Waals surface area (Å²) >= 11 is 0. The summed E-state index contributed by atoms with van der Waals surface area (Å²) in [6.45, 7) is 6.30. The minimum atomic E-state index is -0.416. The van der Waals surface area contributed by atoms with Gasteiger partial charge in [0.25, 0.3) is 11.5 Å². The van der Waals surface area contributed by atoms with Gasteiger partial charge in [0.1, 0.15) is 5.56 Å². The van der Waals surface area contributed by atoms with Crippen LogP contribution in [0.25, 0.3) is 0 Å². The molecule has 1 aromatic heterocycles. The van der Waals surface area contributed by atoms with Crippen molar-refractivity contribution < 1.29 is 4.79 Å². The third kappa shape index (κ3) is 4.94. The van der Waals surface area contributed by atoms with Crippen molar-refractivity contribution >= 4 is 18.3 Å². The highest BCUT2D eigenvalue weighted by atomic mass is 35.5. The first-order chi connectivity index (χ1) is 10.9. The molecule has 5 nitrogen and oxygen atoms in total. The third-order valence-electron chi connectivity index (χ3n) is 3.81. The number of rotatable bonds is 5. The molecular weight excluding hydrogens is 326 g/mol. The zero-order valence-corrected chi connectivity index (χ0v) is 14.9. The number of aromatic nitrogens is 1. The van der Waals surface area contributed by atoms with Crippen molar-refractivity contribution in [1.82, 2.24) is 10.3 Å². The molecule has 2 rings (SSSR count). The summed E-state index contributed by atoms with van der Waals surface area (Å²) in [5.41, 5.74) is 8.73. The van der Waals surface area contributed by atoms with Crippen molar-refractivity contribution in [3.8, 4) is 0 Å². The van der Waals surface area contributed by atoms with Crippen LogP contribution in [-0.2, 0) is 0 Å². The Morgan fingerprint density at radius 1 is 1.12 bits per heavy atom. The van der Waals surface area contributed by atoms with Gasteiger partial charge in [0.15, 0.2) is 0 Å². The van der Waals surface area contributed by atoms with Crippen LogP contribution in [0.5, 0.6) is 0 Å². The zero-order chi connectivity index (χ0) is 17.0. The molecular formula is C18H24ClN3O2. The number of hydrogen-bond acceptors (Lipinski definition) is 3. The van der Waals surface area contributed by atoms with Gasteiger partial charge in [-0.15, -0.1) is 12.4 Å². The summed E-state index contributed by atoms with van der Waals surface area (Å²) in [7, 11) is 0. The summed E-state index contributed by atoms with van der Waals surface area (Å²) < 4.78 is 0. The molecule has 1 aromatic carbocycles. The van der Waals surface area contributed by atoms with E-state index in [0.717, 1.165) is 5.56 Å². The molecule has 1 atom stereocenters. The normalized spacial score (nSPS) is 11.7. The van der Waals surface area contributed by atoms with Gasteiger partial charge in [0, 0.05) is 18.3 Å². The number of aromatic amines is 1. The molecule has 0 saturated carbocycles. The summed E-state index contributed by atoms with van der Waals surface area (Å²) in [5.74, 6) is 0.0498. The van der Waals surface area contributed by atoms with Crippen molar-refractivity contribution in [2.45, 2.75) is 32.7 Å². The largest absolute Gasteiger partial charge is 0.350 e. The molecule has 2 aromatic rings. The maximum Gasteiger partial charge on any atom is 0.260 e. The average molecular weight is 350 g/mol. The molecule has 0 aliphatic carbocycles. The first-order valence-corrected chi connectivity index (χ1v) is 7.72. The molecule has 0 aliphatic rings. The maximum atomic E-state index is 12.1. The number of H-pyrrole nitrogens is 1. The van der Waals surface area contributed by atoms with Crippen LogP contribution in [0.15, 0.2) is 41.2 Å². The quantitative estimate of drug-likeness (QED) is 0.775. The van der Waals surface area contributed by atoms with Crippen molar-refractivity contribution in [2.75, 3.05) is 6.54 Å². The lowest BCUT2D eigenvalue weighted by Crippen LogP contribution is -2.35. The van der Waals surface area contributed by atoms with E-state index in [1.165, 1.54) is 11.6 Å². The molecule has 130 valence electrons. The summed E-state index contributed by atoms with van der Waals surface area (Å²) in [4.78, 5) is 26.4. The monoisotopic (exact) mass is 349 g/mol. The van der Waals surface area contributed by atoms with E-state index in [1.807, 2.05) is 24.3 Å². The molecule has 24 heavy (non-hydrogen) atoms. The molecule has 1 amide bonds. The van der Waals surface area contributed by atoms with Crippen LogP contribution in [0.4, 0.5) is 0 Å². The van der Waals surface area contributed by atoms with Gasteiger partial charge in [-0.2, -0.15) is 0 Å². The molecule has 0 radical (unpaired) electrons. The van der Waals surface area contributed by atoms with Gasteiger partial charge < -0.3 is 16.0 Å². The lowest BCUT2D eigenvalue weighted by molar-refractivity contribution is 0.0949. The summed E-state index contributed by atoms with van der Waals surface area (Å²) in [6, 6.07) is 11.0. The van der Waals surface area contributed by atoms with Gasteiger partial charge >= 0.3 is 0 Å². The van der Waals surface area contributed by atoms with Gasteiger partial charge in [-0.1, -0.05) is 38.1 Å². The van der Waals surface area contributed by atoms with Crippen LogP contribution in [0, 0.1) is 6.92 Å². The molecule has 0 spiro atoms. The van der Waals surface area contributed by atoms with E-state index in [9.17, 15) is 9.59 Å². The summed E-state index contributed by atoms with van der Waals surface area (Å²) in [5, 5.41) is 2.71. The number of halogens is 1.